The fraction of sp³-hybridized carbons (Fsp3) is 0.316. The SMILES string of the molecule is Cc1cccc(/C=N\N2CC[NH+](Cc3ccccc3)CC2)c1. The van der Waals surface area contributed by atoms with Crippen LogP contribution >= 0.6 is 0 Å². The van der Waals surface area contributed by atoms with Gasteiger partial charge in [0.2, 0.25) is 0 Å². The monoisotopic (exact) mass is 294 g/mol. The van der Waals surface area contributed by atoms with Crippen LogP contribution in [0.5, 0.6) is 0 Å². The van der Waals surface area contributed by atoms with Crippen molar-refractivity contribution in [1.82, 2.24) is 5.01 Å². The molecule has 0 saturated carbocycles. The van der Waals surface area contributed by atoms with Gasteiger partial charge in [-0.05, 0) is 12.5 Å². The van der Waals surface area contributed by atoms with E-state index in [2.05, 4.69) is 71.6 Å². The summed E-state index contributed by atoms with van der Waals surface area (Å²) in [5, 5.41) is 6.82. The highest BCUT2D eigenvalue weighted by Crippen LogP contribution is 2.02. The molecule has 0 atom stereocenters. The summed E-state index contributed by atoms with van der Waals surface area (Å²) in [7, 11) is 0. The van der Waals surface area contributed by atoms with E-state index in [0.29, 0.717) is 0 Å². The Morgan fingerprint density at radius 1 is 1.05 bits per heavy atom. The van der Waals surface area contributed by atoms with Gasteiger partial charge in [0.15, 0.2) is 0 Å². The van der Waals surface area contributed by atoms with Crippen LogP contribution in [0.15, 0.2) is 59.7 Å². The molecule has 1 aliphatic rings. The molecule has 3 heteroatoms. The van der Waals surface area contributed by atoms with Crippen molar-refractivity contribution in [3.05, 3.63) is 71.3 Å². The second-order valence-corrected chi connectivity index (χ2v) is 6.02. The Kier molecular flexibility index (Phi) is 4.86. The number of nitrogens with one attached hydrogen (secondary N) is 1. The van der Waals surface area contributed by atoms with Gasteiger partial charge in [-0.25, -0.2) is 0 Å². The Balaban J connectivity index is 1.49. The molecule has 0 bridgehead atoms. The van der Waals surface area contributed by atoms with Crippen LogP contribution in [0.3, 0.4) is 0 Å². The highest BCUT2D eigenvalue weighted by atomic mass is 15.5. The number of hydrazone groups is 1. The highest BCUT2D eigenvalue weighted by molar-refractivity contribution is 5.79. The molecular weight excluding hydrogens is 270 g/mol. The molecule has 114 valence electrons. The molecule has 2 aromatic rings. The fourth-order valence-electron chi connectivity index (χ4n) is 2.89. The summed E-state index contributed by atoms with van der Waals surface area (Å²) in [6.45, 7) is 7.61. The molecule has 2 aromatic carbocycles. The Morgan fingerprint density at radius 2 is 1.82 bits per heavy atom. The van der Waals surface area contributed by atoms with Gasteiger partial charge >= 0.3 is 0 Å². The van der Waals surface area contributed by atoms with Crippen molar-refractivity contribution in [2.75, 3.05) is 26.2 Å². The first kappa shape index (κ1) is 14.8. The van der Waals surface area contributed by atoms with Crippen LogP contribution in [0.25, 0.3) is 0 Å². The number of aryl methyl sites for hydroxylation is 1. The summed E-state index contributed by atoms with van der Waals surface area (Å²) < 4.78 is 0. The van der Waals surface area contributed by atoms with E-state index < -0.39 is 0 Å². The van der Waals surface area contributed by atoms with Crippen LogP contribution < -0.4 is 4.90 Å². The number of quaternary nitrogens is 1. The minimum Gasteiger partial charge on any atom is -0.328 e. The van der Waals surface area contributed by atoms with Crippen LogP contribution in [0.1, 0.15) is 16.7 Å². The van der Waals surface area contributed by atoms with Crippen molar-refractivity contribution in [2.45, 2.75) is 13.5 Å². The van der Waals surface area contributed by atoms with Crippen molar-refractivity contribution >= 4 is 6.21 Å². The van der Waals surface area contributed by atoms with E-state index in [0.717, 1.165) is 32.7 Å². The molecule has 0 amide bonds. The van der Waals surface area contributed by atoms with Crippen LogP contribution in [0, 0.1) is 6.92 Å². The van der Waals surface area contributed by atoms with Gasteiger partial charge in [0.25, 0.3) is 0 Å². The lowest BCUT2D eigenvalue weighted by molar-refractivity contribution is -0.918. The summed E-state index contributed by atoms with van der Waals surface area (Å²) >= 11 is 0. The predicted octanol–water partition coefficient (Wildman–Crippen LogP) is 1.73. The lowest BCUT2D eigenvalue weighted by atomic mass is 10.2. The van der Waals surface area contributed by atoms with E-state index in [1.54, 1.807) is 4.90 Å². The first-order valence-corrected chi connectivity index (χ1v) is 8.03. The molecule has 0 unspecified atom stereocenters. The zero-order valence-corrected chi connectivity index (χ0v) is 13.2. The third kappa shape index (κ3) is 4.18. The fourth-order valence-corrected chi connectivity index (χ4v) is 2.89. The Hall–Kier alpha value is -2.13. The van der Waals surface area contributed by atoms with E-state index in [1.165, 1.54) is 16.7 Å². The van der Waals surface area contributed by atoms with Gasteiger partial charge in [-0.2, -0.15) is 5.10 Å². The summed E-state index contributed by atoms with van der Waals surface area (Å²) in [4.78, 5) is 1.65. The molecule has 1 heterocycles. The Morgan fingerprint density at radius 3 is 2.55 bits per heavy atom. The van der Waals surface area contributed by atoms with Crippen molar-refractivity contribution < 1.29 is 4.90 Å². The van der Waals surface area contributed by atoms with Crippen molar-refractivity contribution in [1.29, 1.82) is 0 Å². The molecule has 0 spiro atoms. The van der Waals surface area contributed by atoms with Gasteiger partial charge in [0, 0.05) is 5.56 Å². The number of piperazine rings is 1. The maximum absolute atomic E-state index is 4.63. The van der Waals surface area contributed by atoms with Gasteiger partial charge < -0.3 is 4.90 Å². The van der Waals surface area contributed by atoms with E-state index in [4.69, 9.17) is 0 Å². The van der Waals surface area contributed by atoms with Crippen LogP contribution in [0.4, 0.5) is 0 Å². The van der Waals surface area contributed by atoms with E-state index >= 15 is 0 Å². The van der Waals surface area contributed by atoms with Crippen molar-refractivity contribution in [3.8, 4) is 0 Å². The maximum Gasteiger partial charge on any atom is 0.103 e. The maximum atomic E-state index is 4.63. The van der Waals surface area contributed by atoms with Gasteiger partial charge in [-0.3, -0.25) is 5.01 Å². The number of hydrogen-bond donors (Lipinski definition) is 1. The number of benzene rings is 2. The molecule has 1 fully saturated rings. The van der Waals surface area contributed by atoms with Crippen LogP contribution in [-0.2, 0) is 6.54 Å². The van der Waals surface area contributed by atoms with E-state index in [1.807, 2.05) is 6.21 Å². The Labute approximate surface area is 132 Å². The first-order valence-electron chi connectivity index (χ1n) is 8.03. The Bertz CT molecular complexity index is 614. The van der Waals surface area contributed by atoms with E-state index in [-0.39, 0.29) is 0 Å². The second-order valence-electron chi connectivity index (χ2n) is 6.02. The molecule has 1 N–H and O–H groups in total. The molecule has 3 rings (SSSR count). The molecule has 1 saturated heterocycles. The van der Waals surface area contributed by atoms with Crippen LogP contribution in [0.2, 0.25) is 0 Å². The quantitative estimate of drug-likeness (QED) is 0.852. The standard InChI is InChI=1S/C19H23N3/c1-17-6-5-9-19(14-17)15-20-22-12-10-21(11-13-22)16-18-7-3-2-4-8-18/h2-9,14-15H,10-13,16H2,1H3/p+1/b20-15-. The summed E-state index contributed by atoms with van der Waals surface area (Å²) in [5.74, 6) is 0. The predicted molar refractivity (Wildman–Crippen MR) is 91.2 cm³/mol. The lowest BCUT2D eigenvalue weighted by Crippen LogP contribution is -3.13. The topological polar surface area (TPSA) is 20.0 Å². The molecule has 3 nitrogen and oxygen atoms in total. The number of nitrogens with zero attached hydrogens (tertiary/aromatic N) is 2. The van der Waals surface area contributed by atoms with Gasteiger partial charge in [0.05, 0.1) is 32.4 Å². The number of rotatable bonds is 4. The largest absolute Gasteiger partial charge is 0.328 e. The van der Waals surface area contributed by atoms with Crippen molar-refractivity contribution in [3.63, 3.8) is 0 Å². The van der Waals surface area contributed by atoms with E-state index in [9.17, 15) is 0 Å². The van der Waals surface area contributed by atoms with Crippen molar-refractivity contribution in [2.24, 2.45) is 5.10 Å². The summed E-state index contributed by atoms with van der Waals surface area (Å²) in [5.41, 5.74) is 3.88. The number of hydrogen-bond acceptors (Lipinski definition) is 2. The highest BCUT2D eigenvalue weighted by Gasteiger charge is 2.18. The zero-order valence-electron chi connectivity index (χ0n) is 13.2. The normalized spacial score (nSPS) is 16.3. The average Bonchev–Trinajstić information content (AvgIpc) is 2.55. The zero-order chi connectivity index (χ0) is 15.2. The molecule has 0 aromatic heterocycles. The first-order chi connectivity index (χ1) is 10.8. The van der Waals surface area contributed by atoms with Gasteiger partial charge in [0.1, 0.15) is 6.54 Å². The summed E-state index contributed by atoms with van der Waals surface area (Å²) in [6.07, 6.45) is 1.98. The molecule has 1 aliphatic heterocycles. The molecular formula is C19H24N3+. The minimum absolute atomic E-state index is 1.03. The lowest BCUT2D eigenvalue weighted by Gasteiger charge is -2.30. The van der Waals surface area contributed by atoms with Crippen LogP contribution in [-0.4, -0.2) is 37.4 Å². The van der Waals surface area contributed by atoms with Gasteiger partial charge in [-0.1, -0.05) is 60.2 Å². The molecule has 0 radical (unpaired) electrons. The average molecular weight is 294 g/mol. The van der Waals surface area contributed by atoms with Gasteiger partial charge in [-0.15, -0.1) is 0 Å². The molecule has 0 aliphatic carbocycles. The third-order valence-electron chi connectivity index (χ3n) is 4.16. The minimum atomic E-state index is 1.03. The second kappa shape index (κ2) is 7.23. The molecule has 22 heavy (non-hydrogen) atoms. The smallest absolute Gasteiger partial charge is 0.103 e. The summed E-state index contributed by atoms with van der Waals surface area (Å²) in [6, 6.07) is 19.2. The third-order valence-corrected chi connectivity index (χ3v) is 4.16.